The van der Waals surface area contributed by atoms with Gasteiger partial charge in [0.1, 0.15) is 5.60 Å². The molecule has 0 aliphatic rings. The lowest BCUT2D eigenvalue weighted by molar-refractivity contribution is -0.152. The summed E-state index contributed by atoms with van der Waals surface area (Å²) in [4.78, 5) is 0. The minimum atomic E-state index is -1.29. The Morgan fingerprint density at radius 3 is 1.18 bits per heavy atom. The fourth-order valence-electron chi connectivity index (χ4n) is 0.788. The molecule has 1 atom stereocenters. The second kappa shape index (κ2) is 2.44. The maximum absolute atomic E-state index is 9.81. The van der Waals surface area contributed by atoms with E-state index in [0.29, 0.717) is 0 Å². The largest absolute Gasteiger partial charge is 0.387 e. The Morgan fingerprint density at radius 2 is 1.18 bits per heavy atom. The van der Waals surface area contributed by atoms with Crippen molar-refractivity contribution < 1.29 is 10.2 Å². The van der Waals surface area contributed by atoms with Gasteiger partial charge in [-0.05, 0) is 34.6 Å². The van der Waals surface area contributed by atoms with E-state index >= 15 is 0 Å². The number of hydrogen-bond acceptors (Lipinski definition) is 3. The van der Waals surface area contributed by atoms with Gasteiger partial charge < -0.3 is 15.9 Å². The lowest BCUT2D eigenvalue weighted by atomic mass is 9.74. The predicted octanol–water partition coefficient (Wildman–Crippen LogP) is 0.246. The monoisotopic (exact) mass is 161 g/mol. The van der Waals surface area contributed by atoms with Gasteiger partial charge in [-0.2, -0.15) is 0 Å². The van der Waals surface area contributed by atoms with Gasteiger partial charge in [0.25, 0.3) is 0 Å². The zero-order valence-corrected chi connectivity index (χ0v) is 7.97. The highest BCUT2D eigenvalue weighted by atomic mass is 16.4. The lowest BCUT2D eigenvalue weighted by Crippen LogP contribution is -2.65. The summed E-state index contributed by atoms with van der Waals surface area (Å²) in [5.74, 6) is 0. The van der Waals surface area contributed by atoms with Crippen molar-refractivity contribution in [3.05, 3.63) is 0 Å². The Balaban J connectivity index is 4.75. The van der Waals surface area contributed by atoms with Crippen molar-refractivity contribution in [1.29, 1.82) is 0 Å². The summed E-state index contributed by atoms with van der Waals surface area (Å²) in [5, 5.41) is 19.4. The fraction of sp³-hybridized carbons (Fsp3) is 1.00. The summed E-state index contributed by atoms with van der Waals surface area (Å²) in [7, 11) is 0. The topological polar surface area (TPSA) is 66.5 Å². The minimum absolute atomic E-state index is 0.814. The van der Waals surface area contributed by atoms with Crippen molar-refractivity contribution in [2.75, 3.05) is 0 Å². The van der Waals surface area contributed by atoms with Crippen molar-refractivity contribution in [2.45, 2.75) is 51.4 Å². The van der Waals surface area contributed by atoms with Gasteiger partial charge in [0.05, 0.1) is 5.60 Å². The van der Waals surface area contributed by atoms with Gasteiger partial charge in [-0.3, -0.25) is 0 Å². The van der Waals surface area contributed by atoms with Crippen LogP contribution in [0.25, 0.3) is 0 Å². The van der Waals surface area contributed by atoms with Crippen LogP contribution in [0.1, 0.15) is 34.6 Å². The van der Waals surface area contributed by atoms with Crippen LogP contribution >= 0.6 is 0 Å². The van der Waals surface area contributed by atoms with Crippen molar-refractivity contribution in [3.8, 4) is 0 Å². The molecule has 0 aromatic heterocycles. The molecule has 0 rings (SSSR count). The Kier molecular flexibility index (Phi) is 2.41. The molecule has 0 saturated heterocycles. The molecule has 4 N–H and O–H groups in total. The highest BCUT2D eigenvalue weighted by Crippen LogP contribution is 2.30. The third kappa shape index (κ3) is 1.92. The molecule has 3 heteroatoms. The average Bonchev–Trinajstić information content (AvgIpc) is 1.58. The number of rotatable bonds is 2. The summed E-state index contributed by atoms with van der Waals surface area (Å²) in [6.45, 7) is 7.99. The Bertz CT molecular complexity index is 123. The molecule has 0 fully saturated rings. The first kappa shape index (κ1) is 10.9. The quantitative estimate of drug-likeness (QED) is 0.543. The van der Waals surface area contributed by atoms with E-state index in [-0.39, 0.29) is 0 Å². The van der Waals surface area contributed by atoms with E-state index in [4.69, 9.17) is 5.73 Å². The van der Waals surface area contributed by atoms with Crippen LogP contribution in [0.15, 0.2) is 0 Å². The van der Waals surface area contributed by atoms with E-state index < -0.39 is 16.7 Å². The summed E-state index contributed by atoms with van der Waals surface area (Å²) >= 11 is 0. The van der Waals surface area contributed by atoms with Crippen molar-refractivity contribution in [1.82, 2.24) is 0 Å². The number of hydrogen-bond donors (Lipinski definition) is 3. The van der Waals surface area contributed by atoms with Crippen molar-refractivity contribution in [2.24, 2.45) is 5.73 Å². The van der Waals surface area contributed by atoms with Gasteiger partial charge in [0.15, 0.2) is 0 Å². The molecule has 0 aromatic rings. The Labute approximate surface area is 68.2 Å². The predicted molar refractivity (Wildman–Crippen MR) is 45.2 cm³/mol. The second-order valence-corrected chi connectivity index (χ2v) is 4.35. The van der Waals surface area contributed by atoms with E-state index in [1.165, 1.54) is 6.92 Å². The van der Waals surface area contributed by atoms with Gasteiger partial charge >= 0.3 is 0 Å². The number of aliphatic hydroxyl groups is 2. The van der Waals surface area contributed by atoms with Gasteiger partial charge in [0.2, 0.25) is 0 Å². The Hall–Kier alpha value is -0.120. The van der Waals surface area contributed by atoms with E-state index in [9.17, 15) is 10.2 Å². The first-order valence-electron chi connectivity index (χ1n) is 3.74. The molecule has 0 saturated carbocycles. The van der Waals surface area contributed by atoms with Gasteiger partial charge in [-0.1, -0.05) is 0 Å². The van der Waals surface area contributed by atoms with Gasteiger partial charge in [0, 0.05) is 5.54 Å². The van der Waals surface area contributed by atoms with Crippen LogP contribution in [0.5, 0.6) is 0 Å². The smallest absolute Gasteiger partial charge is 0.107 e. The summed E-state index contributed by atoms with van der Waals surface area (Å²) in [6, 6.07) is 0. The molecule has 0 radical (unpaired) electrons. The SMILES string of the molecule is CC(C)(N)C(C)(O)C(C)(C)O. The van der Waals surface area contributed by atoms with Crippen LogP contribution in [0.3, 0.4) is 0 Å². The minimum Gasteiger partial charge on any atom is -0.387 e. The molecular weight excluding hydrogens is 142 g/mol. The van der Waals surface area contributed by atoms with Crippen LogP contribution in [0.2, 0.25) is 0 Å². The second-order valence-electron chi connectivity index (χ2n) is 4.35. The first-order chi connectivity index (χ1) is 4.50. The van der Waals surface area contributed by atoms with Crippen LogP contribution in [0, 0.1) is 0 Å². The third-order valence-electron chi connectivity index (χ3n) is 2.45. The van der Waals surface area contributed by atoms with Crippen LogP contribution in [-0.4, -0.2) is 27.0 Å². The van der Waals surface area contributed by atoms with Crippen LogP contribution in [0.4, 0.5) is 0 Å². The molecule has 0 aliphatic heterocycles. The summed E-state index contributed by atoms with van der Waals surface area (Å²) in [6.07, 6.45) is 0. The average molecular weight is 161 g/mol. The summed E-state index contributed by atoms with van der Waals surface area (Å²) in [5.41, 5.74) is 2.39. The fourth-order valence-corrected chi connectivity index (χ4v) is 0.788. The molecule has 0 aliphatic carbocycles. The van der Waals surface area contributed by atoms with Crippen molar-refractivity contribution in [3.63, 3.8) is 0 Å². The van der Waals surface area contributed by atoms with E-state index in [1.54, 1.807) is 27.7 Å². The highest BCUT2D eigenvalue weighted by molar-refractivity contribution is 5.03. The first-order valence-corrected chi connectivity index (χ1v) is 3.74. The summed E-state index contributed by atoms with van der Waals surface area (Å²) < 4.78 is 0. The maximum atomic E-state index is 9.81. The van der Waals surface area contributed by atoms with Gasteiger partial charge in [-0.25, -0.2) is 0 Å². The van der Waals surface area contributed by atoms with Crippen molar-refractivity contribution >= 4 is 0 Å². The standard InChI is InChI=1S/C8H19NO2/c1-6(2,9)8(5,11)7(3,4)10/h10-11H,9H2,1-5H3. The maximum Gasteiger partial charge on any atom is 0.107 e. The molecule has 1 unspecified atom stereocenters. The van der Waals surface area contributed by atoms with E-state index in [1.807, 2.05) is 0 Å². The molecular formula is C8H19NO2. The molecule has 68 valence electrons. The van der Waals surface area contributed by atoms with E-state index in [2.05, 4.69) is 0 Å². The molecule has 11 heavy (non-hydrogen) atoms. The Morgan fingerprint density at radius 1 is 0.909 bits per heavy atom. The van der Waals surface area contributed by atoms with Gasteiger partial charge in [-0.15, -0.1) is 0 Å². The molecule has 0 aromatic carbocycles. The van der Waals surface area contributed by atoms with Crippen LogP contribution < -0.4 is 5.73 Å². The molecule has 0 heterocycles. The molecule has 0 bridgehead atoms. The lowest BCUT2D eigenvalue weighted by Gasteiger charge is -2.45. The number of nitrogens with two attached hydrogens (primary N) is 1. The molecule has 0 amide bonds. The third-order valence-corrected chi connectivity index (χ3v) is 2.45. The normalized spacial score (nSPS) is 19.6. The zero-order valence-electron chi connectivity index (χ0n) is 7.97. The zero-order chi connectivity index (χ0) is 9.50. The van der Waals surface area contributed by atoms with E-state index in [0.717, 1.165) is 0 Å². The van der Waals surface area contributed by atoms with Crippen LogP contribution in [-0.2, 0) is 0 Å². The molecule has 3 nitrogen and oxygen atoms in total. The highest BCUT2D eigenvalue weighted by Gasteiger charge is 2.47. The molecule has 0 spiro atoms.